The molecular weight excluding hydrogens is 716 g/mol. The Morgan fingerprint density at radius 3 is 2.34 bits per heavy atom. The van der Waals surface area contributed by atoms with Gasteiger partial charge in [-0.15, -0.1) is 0 Å². The normalized spacial score (nSPS) is 23.4. The van der Waals surface area contributed by atoms with Crippen molar-refractivity contribution in [3.8, 4) is 11.8 Å². The fourth-order valence-corrected chi connectivity index (χ4v) is 9.80. The van der Waals surface area contributed by atoms with E-state index < -0.39 is 53.9 Å². The van der Waals surface area contributed by atoms with Gasteiger partial charge in [-0.25, -0.2) is 17.6 Å². The minimum absolute atomic E-state index is 0.0464. The number of alkyl halides is 1. The van der Waals surface area contributed by atoms with Crippen LogP contribution >= 0.6 is 0 Å². The van der Waals surface area contributed by atoms with Crippen LogP contribution in [-0.4, -0.2) is 121 Å². The van der Waals surface area contributed by atoms with E-state index in [2.05, 4.69) is 36.4 Å². The van der Waals surface area contributed by atoms with Gasteiger partial charge >= 0.3 is 6.09 Å². The number of anilines is 1. The number of rotatable bonds is 11. The Labute approximate surface area is 316 Å². The van der Waals surface area contributed by atoms with Crippen LogP contribution in [0.2, 0.25) is 25.7 Å². The minimum atomic E-state index is -4.08. The fourth-order valence-electron chi connectivity index (χ4n) is 7.30. The molecule has 0 unspecified atom stereocenters. The number of fused-ring (bicyclic) bond motifs is 1. The topological polar surface area (TPSA) is 118 Å². The number of likely N-dealkylation sites (tertiary alicyclic amines) is 1. The number of hydrogen-bond donors (Lipinski definition) is 0. The lowest BCUT2D eigenvalue weighted by atomic mass is 10.1. The van der Waals surface area contributed by atoms with Crippen molar-refractivity contribution in [3.05, 3.63) is 18.3 Å². The summed E-state index contributed by atoms with van der Waals surface area (Å²) >= 11 is 0. The van der Waals surface area contributed by atoms with E-state index in [1.54, 1.807) is 27.9 Å². The lowest BCUT2D eigenvalue weighted by Crippen LogP contribution is -2.59. The van der Waals surface area contributed by atoms with E-state index in [0.717, 1.165) is 24.3 Å². The summed E-state index contributed by atoms with van der Waals surface area (Å²) < 4.78 is 59.0. The molecule has 0 bridgehead atoms. The summed E-state index contributed by atoms with van der Waals surface area (Å²) in [6, 6.07) is 2.76. The average Bonchev–Trinajstić information content (AvgIpc) is 3.44. The quantitative estimate of drug-likeness (QED) is 0.114. The molecule has 2 saturated heterocycles. The van der Waals surface area contributed by atoms with Crippen LogP contribution in [0.5, 0.6) is 0 Å². The van der Waals surface area contributed by atoms with Crippen LogP contribution in [0.25, 0.3) is 10.9 Å². The summed E-state index contributed by atoms with van der Waals surface area (Å²) in [6.07, 6.45) is 3.63. The first-order chi connectivity index (χ1) is 24.7. The Balaban J connectivity index is 1.57. The highest BCUT2D eigenvalue weighted by molar-refractivity contribution is 7.89. The summed E-state index contributed by atoms with van der Waals surface area (Å²) in [4.78, 5) is 31.7. The molecule has 12 nitrogen and oxygen atoms in total. The van der Waals surface area contributed by atoms with Crippen LogP contribution in [0, 0.1) is 11.8 Å². The van der Waals surface area contributed by atoms with Crippen molar-refractivity contribution in [2.45, 2.75) is 140 Å². The van der Waals surface area contributed by atoms with E-state index in [1.807, 2.05) is 48.5 Å². The van der Waals surface area contributed by atoms with Crippen molar-refractivity contribution in [1.29, 1.82) is 0 Å². The van der Waals surface area contributed by atoms with Gasteiger partial charge in [-0.1, -0.05) is 32.5 Å². The number of piperazine rings is 1. The van der Waals surface area contributed by atoms with E-state index in [4.69, 9.17) is 14.6 Å². The molecule has 3 fully saturated rings. The molecule has 2 aliphatic heterocycles. The molecule has 3 heterocycles. The maximum atomic E-state index is 14.8. The third-order valence-electron chi connectivity index (χ3n) is 10.4. The average molecular weight is 775 g/mol. The van der Waals surface area contributed by atoms with Crippen LogP contribution in [-0.2, 0) is 24.3 Å². The van der Waals surface area contributed by atoms with Crippen LogP contribution in [0.4, 0.5) is 14.9 Å². The van der Waals surface area contributed by atoms with Crippen molar-refractivity contribution in [2.75, 3.05) is 44.5 Å². The fraction of sp³-hybridized carbons (Fsp3) is 0.711. The molecule has 1 saturated carbocycles. The highest BCUT2D eigenvalue weighted by Crippen LogP contribution is 2.45. The summed E-state index contributed by atoms with van der Waals surface area (Å²) in [7, 11) is -5.48. The smallest absolute Gasteiger partial charge is 0.410 e. The van der Waals surface area contributed by atoms with Crippen molar-refractivity contribution in [1.82, 2.24) is 23.9 Å². The largest absolute Gasteiger partial charge is 0.444 e. The Morgan fingerprint density at radius 1 is 1.11 bits per heavy atom. The van der Waals surface area contributed by atoms with E-state index in [0.29, 0.717) is 43.7 Å². The predicted molar refractivity (Wildman–Crippen MR) is 208 cm³/mol. The molecule has 294 valence electrons. The highest BCUT2D eigenvalue weighted by Gasteiger charge is 2.50. The third kappa shape index (κ3) is 9.20. The standard InChI is InChI=1S/C38H59FN6O6SSi/c1-11-12-13-35(46)42-25-30(18-29(42)21-39)45-34-20-31(52(48,49)43(38(7)14-15-38)26-50-16-17-53(8,9)10)19-33(32(34)22-40-45)41-23-27(2)44(28(3)24-41)36(47)51-37(4,5)6/h19-20,22,27-30H,11,14-18,21,23-26H2,1-10H3/t27-,28-,29-,30+/m0/s1. The van der Waals surface area contributed by atoms with Gasteiger partial charge in [-0.3, -0.25) is 14.4 Å². The molecule has 0 radical (unpaired) electrons. The number of sulfonamides is 1. The Hall–Kier alpha value is -3.19. The number of aromatic nitrogens is 2. The first kappa shape index (κ1) is 41.0. The zero-order chi connectivity index (χ0) is 39.1. The zero-order valence-corrected chi connectivity index (χ0v) is 35.1. The second-order valence-electron chi connectivity index (χ2n) is 17.5. The van der Waals surface area contributed by atoms with Crippen LogP contribution in [0.1, 0.15) is 80.2 Å². The molecule has 53 heavy (non-hydrogen) atoms. The van der Waals surface area contributed by atoms with E-state index >= 15 is 0 Å². The van der Waals surface area contributed by atoms with Crippen LogP contribution in [0.15, 0.2) is 23.2 Å². The number of hydrogen-bond acceptors (Lipinski definition) is 8. The van der Waals surface area contributed by atoms with E-state index in [-0.39, 0.29) is 36.3 Å². The van der Waals surface area contributed by atoms with Gasteiger partial charge in [0.2, 0.25) is 10.0 Å². The lowest BCUT2D eigenvalue weighted by Gasteiger charge is -2.45. The molecular formula is C38H59FN6O6SSi. The van der Waals surface area contributed by atoms with Crippen LogP contribution < -0.4 is 4.90 Å². The highest BCUT2D eigenvalue weighted by atomic mass is 32.2. The first-order valence-corrected chi connectivity index (χ1v) is 24.1. The van der Waals surface area contributed by atoms with Crippen molar-refractivity contribution in [3.63, 3.8) is 0 Å². The van der Waals surface area contributed by atoms with Crippen LogP contribution in [0.3, 0.4) is 0 Å². The maximum Gasteiger partial charge on any atom is 0.410 e. The van der Waals surface area contributed by atoms with Gasteiger partial charge in [0, 0.05) is 57.3 Å². The SMILES string of the molecule is CCC#CC(=O)N1C[C@H](n2ncc3c(N4C[C@H](C)N(C(=O)OC(C)(C)C)[C@@H](C)C4)cc(S(=O)(=O)N(COCC[Si](C)(C)C)C4(C)CC4)cc32)C[C@H]1CF. The van der Waals surface area contributed by atoms with E-state index in [1.165, 1.54) is 9.21 Å². The second kappa shape index (κ2) is 15.5. The van der Waals surface area contributed by atoms with Gasteiger partial charge in [-0.05, 0) is 84.9 Å². The first-order valence-electron chi connectivity index (χ1n) is 18.9. The van der Waals surface area contributed by atoms with Gasteiger partial charge in [0.15, 0.2) is 0 Å². The molecule has 1 aliphatic carbocycles. The Kier molecular flexibility index (Phi) is 12.0. The number of halogens is 1. The molecule has 4 atom stereocenters. The van der Waals surface area contributed by atoms with E-state index in [9.17, 15) is 22.4 Å². The summed E-state index contributed by atoms with van der Waals surface area (Å²) in [5.74, 6) is 4.99. The van der Waals surface area contributed by atoms with Gasteiger partial charge < -0.3 is 19.3 Å². The number of amides is 2. The molecule has 1 aromatic heterocycles. The minimum Gasteiger partial charge on any atom is -0.444 e. The van der Waals surface area contributed by atoms with Gasteiger partial charge in [0.1, 0.15) is 19.0 Å². The molecule has 1 aromatic carbocycles. The van der Waals surface area contributed by atoms with Gasteiger partial charge in [0.25, 0.3) is 5.91 Å². The van der Waals surface area contributed by atoms with Crippen molar-refractivity contribution >= 4 is 46.7 Å². The Bertz CT molecular complexity index is 1830. The lowest BCUT2D eigenvalue weighted by molar-refractivity contribution is -0.126. The predicted octanol–water partition coefficient (Wildman–Crippen LogP) is 6.25. The number of nitrogens with zero attached hydrogens (tertiary/aromatic N) is 6. The molecule has 0 N–H and O–H groups in total. The van der Waals surface area contributed by atoms with Crippen molar-refractivity contribution in [2.24, 2.45) is 0 Å². The Morgan fingerprint density at radius 2 is 1.77 bits per heavy atom. The van der Waals surface area contributed by atoms with Gasteiger partial charge in [0.05, 0.1) is 40.8 Å². The van der Waals surface area contributed by atoms with Crippen molar-refractivity contribution < 1.29 is 31.9 Å². The molecule has 5 rings (SSSR count). The summed E-state index contributed by atoms with van der Waals surface area (Å²) in [5, 5.41) is 5.50. The zero-order valence-electron chi connectivity index (χ0n) is 33.2. The molecule has 2 amide bonds. The monoisotopic (exact) mass is 774 g/mol. The van der Waals surface area contributed by atoms with Gasteiger partial charge in [-0.2, -0.15) is 9.40 Å². The number of ether oxygens (including phenoxy) is 2. The third-order valence-corrected chi connectivity index (χ3v) is 14.1. The molecule has 0 spiro atoms. The number of carbonyl (C=O) groups is 2. The molecule has 2 aromatic rings. The summed E-state index contributed by atoms with van der Waals surface area (Å²) in [6.45, 7) is 20.8. The molecule has 3 aliphatic rings. The maximum absolute atomic E-state index is 14.8. The number of carbonyl (C=O) groups excluding carboxylic acids is 2. The molecule has 15 heteroatoms. The second-order valence-corrected chi connectivity index (χ2v) is 24.9. The number of benzene rings is 1. The summed E-state index contributed by atoms with van der Waals surface area (Å²) in [5.41, 5.74) is 0.0459.